The molecule has 0 saturated carbocycles. The molecule has 6 nitrogen and oxygen atoms in total. The summed E-state index contributed by atoms with van der Waals surface area (Å²) < 4.78 is 0. The highest BCUT2D eigenvalue weighted by atomic mass is 16.2. The molecule has 0 unspecified atom stereocenters. The van der Waals surface area contributed by atoms with Gasteiger partial charge in [-0.25, -0.2) is 4.79 Å². The molecule has 0 radical (unpaired) electrons. The van der Waals surface area contributed by atoms with Crippen LogP contribution >= 0.6 is 0 Å². The van der Waals surface area contributed by atoms with E-state index in [4.69, 9.17) is 0 Å². The predicted octanol–water partition coefficient (Wildman–Crippen LogP) is 5.25. The summed E-state index contributed by atoms with van der Waals surface area (Å²) in [5.41, 5.74) is 5.20. The molecule has 1 atom stereocenters. The minimum atomic E-state index is -0.299. The van der Waals surface area contributed by atoms with Crippen LogP contribution in [-0.4, -0.2) is 16.9 Å². The fourth-order valence-electron chi connectivity index (χ4n) is 3.07. The fourth-order valence-corrected chi connectivity index (χ4v) is 3.07. The number of nitrogens with zero attached hydrogens (tertiary/aromatic N) is 1. The summed E-state index contributed by atoms with van der Waals surface area (Å²) in [6.07, 6.45) is 1.72. The van der Waals surface area contributed by atoms with Gasteiger partial charge < -0.3 is 16.0 Å². The molecular weight excluding hydrogens is 376 g/mol. The lowest BCUT2D eigenvalue weighted by Crippen LogP contribution is -2.28. The lowest BCUT2D eigenvalue weighted by molar-refractivity contribution is 0.0939. The maximum Gasteiger partial charge on any atom is 0.319 e. The third kappa shape index (κ3) is 5.67. The number of amides is 3. The van der Waals surface area contributed by atoms with Gasteiger partial charge in [0.05, 0.1) is 11.7 Å². The van der Waals surface area contributed by atoms with Crippen LogP contribution in [0.4, 0.5) is 10.5 Å². The molecule has 0 spiro atoms. The summed E-state index contributed by atoms with van der Waals surface area (Å²) in [4.78, 5) is 29.0. The lowest BCUT2D eigenvalue weighted by atomic mass is 10.1. The zero-order valence-corrected chi connectivity index (χ0v) is 17.4. The molecule has 6 heteroatoms. The van der Waals surface area contributed by atoms with Crippen molar-refractivity contribution in [3.63, 3.8) is 0 Å². The SMILES string of the molecule is Cc1ccc(CNC(=O)Nc2ccc(C(=O)N[C@H](C)c3ncccc3C)cc2)cc1.[HH].[HH].[HH]. The number of aryl methyl sites for hydroxylation is 2. The minimum Gasteiger partial charge on any atom is -0.344 e. The van der Waals surface area contributed by atoms with Crippen LogP contribution in [0.5, 0.6) is 0 Å². The van der Waals surface area contributed by atoms with Gasteiger partial charge >= 0.3 is 6.03 Å². The summed E-state index contributed by atoms with van der Waals surface area (Å²) in [6.45, 7) is 6.34. The standard InChI is InChI=1S/C24H26N4O2.3H2/c1-16-6-8-19(9-7-16)15-26-24(30)28-21-12-10-20(11-13-21)23(29)27-18(3)22-17(2)5-4-14-25-22;;;/h4-14,18H,15H2,1-3H3,(H,27,29)(H2,26,28,30);3*1H/t18-;;;/m1.../s1. The maximum absolute atomic E-state index is 12.5. The Hall–Kier alpha value is -3.67. The second-order valence-electron chi connectivity index (χ2n) is 7.27. The number of carbonyl (C=O) groups excluding carboxylic acids is 2. The Morgan fingerprint density at radius 2 is 1.70 bits per heavy atom. The van der Waals surface area contributed by atoms with Gasteiger partial charge in [0, 0.05) is 28.3 Å². The summed E-state index contributed by atoms with van der Waals surface area (Å²) >= 11 is 0. The van der Waals surface area contributed by atoms with E-state index >= 15 is 0 Å². The highest BCUT2D eigenvalue weighted by molar-refractivity contribution is 5.95. The highest BCUT2D eigenvalue weighted by Crippen LogP contribution is 2.15. The first-order valence-corrected chi connectivity index (χ1v) is 9.85. The number of hydrogen-bond acceptors (Lipinski definition) is 3. The molecule has 0 saturated heterocycles. The van der Waals surface area contributed by atoms with E-state index in [1.807, 2.05) is 57.2 Å². The number of rotatable bonds is 6. The molecule has 3 aromatic rings. The molecule has 2 aromatic carbocycles. The lowest BCUT2D eigenvalue weighted by Gasteiger charge is -2.15. The average Bonchev–Trinajstić information content (AvgIpc) is 2.74. The molecule has 0 aliphatic carbocycles. The van der Waals surface area contributed by atoms with Gasteiger partial charge in [-0.05, 0) is 62.2 Å². The minimum absolute atomic E-state index is 0. The Labute approximate surface area is 181 Å². The Morgan fingerprint density at radius 1 is 1.00 bits per heavy atom. The molecular formula is C24H32N4O2. The Kier molecular flexibility index (Phi) is 6.80. The summed E-state index contributed by atoms with van der Waals surface area (Å²) in [7, 11) is 0. The van der Waals surface area contributed by atoms with E-state index < -0.39 is 0 Å². The van der Waals surface area contributed by atoms with Crippen LogP contribution in [0.3, 0.4) is 0 Å². The number of pyridine rings is 1. The van der Waals surface area contributed by atoms with Crippen molar-refractivity contribution < 1.29 is 13.9 Å². The molecule has 1 aromatic heterocycles. The normalized spacial score (nSPS) is 11.4. The molecule has 30 heavy (non-hydrogen) atoms. The van der Waals surface area contributed by atoms with Crippen molar-refractivity contribution in [3.05, 3.63) is 94.8 Å². The van der Waals surface area contributed by atoms with Gasteiger partial charge in [0.2, 0.25) is 0 Å². The third-order valence-electron chi connectivity index (χ3n) is 4.79. The molecule has 0 fully saturated rings. The second-order valence-corrected chi connectivity index (χ2v) is 7.27. The number of carbonyl (C=O) groups is 2. The van der Waals surface area contributed by atoms with E-state index in [9.17, 15) is 9.59 Å². The van der Waals surface area contributed by atoms with Crippen LogP contribution in [0.25, 0.3) is 0 Å². The van der Waals surface area contributed by atoms with Crippen LogP contribution in [0.15, 0.2) is 66.9 Å². The highest BCUT2D eigenvalue weighted by Gasteiger charge is 2.14. The first kappa shape index (κ1) is 21.0. The Bertz CT molecular complexity index is 1030. The van der Waals surface area contributed by atoms with Gasteiger partial charge in [-0.15, -0.1) is 0 Å². The first-order chi connectivity index (χ1) is 14.4. The number of anilines is 1. The number of nitrogens with one attached hydrogen (secondary N) is 3. The van der Waals surface area contributed by atoms with Crippen LogP contribution in [0, 0.1) is 13.8 Å². The van der Waals surface area contributed by atoms with Crippen LogP contribution in [0.2, 0.25) is 0 Å². The molecule has 3 amide bonds. The molecule has 0 aliphatic heterocycles. The van der Waals surface area contributed by atoms with Crippen molar-refractivity contribution in [1.82, 2.24) is 15.6 Å². The molecule has 0 aliphatic rings. The topological polar surface area (TPSA) is 83.1 Å². The zero-order valence-electron chi connectivity index (χ0n) is 17.4. The molecule has 3 rings (SSSR count). The van der Waals surface area contributed by atoms with Crippen LogP contribution in [0.1, 0.15) is 50.0 Å². The molecule has 1 heterocycles. The largest absolute Gasteiger partial charge is 0.344 e. The van der Waals surface area contributed by atoms with E-state index in [1.54, 1.807) is 30.5 Å². The molecule has 3 N–H and O–H groups in total. The Morgan fingerprint density at radius 3 is 2.37 bits per heavy atom. The van der Waals surface area contributed by atoms with E-state index in [-0.39, 0.29) is 22.3 Å². The number of benzene rings is 2. The number of hydrogen-bond donors (Lipinski definition) is 3. The smallest absolute Gasteiger partial charge is 0.319 e. The first-order valence-electron chi connectivity index (χ1n) is 9.85. The van der Waals surface area contributed by atoms with Gasteiger partial charge in [0.25, 0.3) is 5.91 Å². The van der Waals surface area contributed by atoms with Crippen molar-refractivity contribution in [2.24, 2.45) is 0 Å². The van der Waals surface area contributed by atoms with Crippen molar-refractivity contribution in [1.29, 1.82) is 0 Å². The monoisotopic (exact) mass is 408 g/mol. The van der Waals surface area contributed by atoms with Gasteiger partial charge in [-0.2, -0.15) is 0 Å². The predicted molar refractivity (Wildman–Crippen MR) is 125 cm³/mol. The number of aromatic nitrogens is 1. The van der Waals surface area contributed by atoms with E-state index in [0.717, 1.165) is 16.8 Å². The third-order valence-corrected chi connectivity index (χ3v) is 4.79. The van der Waals surface area contributed by atoms with Gasteiger partial charge in [-0.3, -0.25) is 9.78 Å². The zero-order chi connectivity index (χ0) is 21.5. The van der Waals surface area contributed by atoms with E-state index in [2.05, 4.69) is 20.9 Å². The summed E-state index contributed by atoms with van der Waals surface area (Å²) in [5, 5.41) is 8.54. The molecule has 0 bridgehead atoms. The summed E-state index contributed by atoms with van der Waals surface area (Å²) in [5.74, 6) is -0.192. The van der Waals surface area contributed by atoms with Crippen molar-refractivity contribution >= 4 is 17.6 Å². The maximum atomic E-state index is 12.5. The van der Waals surface area contributed by atoms with Crippen molar-refractivity contribution in [3.8, 4) is 0 Å². The molecule has 160 valence electrons. The number of urea groups is 1. The van der Waals surface area contributed by atoms with Gasteiger partial charge in [-0.1, -0.05) is 35.9 Å². The van der Waals surface area contributed by atoms with Gasteiger partial charge in [0.15, 0.2) is 0 Å². The fraction of sp³-hybridized carbons (Fsp3) is 0.208. The van der Waals surface area contributed by atoms with E-state index in [0.29, 0.717) is 17.8 Å². The van der Waals surface area contributed by atoms with Gasteiger partial charge in [0.1, 0.15) is 0 Å². The van der Waals surface area contributed by atoms with Crippen molar-refractivity contribution in [2.75, 3.05) is 5.32 Å². The van der Waals surface area contributed by atoms with Crippen LogP contribution < -0.4 is 16.0 Å². The quantitative estimate of drug-likeness (QED) is 0.521. The van der Waals surface area contributed by atoms with E-state index in [1.165, 1.54) is 5.56 Å². The average molecular weight is 409 g/mol. The second kappa shape index (κ2) is 9.69. The Balaban J connectivity index is 0.00000341. The van der Waals surface area contributed by atoms with Crippen LogP contribution in [-0.2, 0) is 6.54 Å². The summed E-state index contributed by atoms with van der Waals surface area (Å²) in [6, 6.07) is 18.1. The van der Waals surface area contributed by atoms with Crippen molar-refractivity contribution in [2.45, 2.75) is 33.4 Å².